The van der Waals surface area contributed by atoms with Crippen LogP contribution in [0.5, 0.6) is 0 Å². The van der Waals surface area contributed by atoms with Crippen molar-refractivity contribution in [3.8, 4) is 0 Å². The molecule has 0 radical (unpaired) electrons. The molecule has 1 aliphatic heterocycles. The average molecular weight is 281 g/mol. The highest BCUT2D eigenvalue weighted by atomic mass is 16.4. The largest absolute Gasteiger partial charge is 0.480 e. The lowest BCUT2D eigenvalue weighted by atomic mass is 9.76. The molecule has 1 N–H and O–H groups in total. The first-order valence-corrected chi connectivity index (χ1v) is 8.29. The predicted octanol–water partition coefficient (Wildman–Crippen LogP) is 3.78. The summed E-state index contributed by atoms with van der Waals surface area (Å²) in [4.78, 5) is 13.8. The van der Waals surface area contributed by atoms with Crippen molar-refractivity contribution in [2.75, 3.05) is 6.54 Å². The molecular weight excluding hydrogens is 250 g/mol. The normalized spacial score (nSPS) is 36.8. The molecular formula is C17H31NO2. The Hall–Kier alpha value is -0.570. The Morgan fingerprint density at radius 3 is 2.40 bits per heavy atom. The van der Waals surface area contributed by atoms with Crippen molar-refractivity contribution in [3.63, 3.8) is 0 Å². The molecule has 2 fully saturated rings. The maximum absolute atomic E-state index is 11.5. The van der Waals surface area contributed by atoms with Crippen molar-refractivity contribution in [1.29, 1.82) is 0 Å². The summed E-state index contributed by atoms with van der Waals surface area (Å²) in [7, 11) is 0. The SMILES string of the molecule is CC1CCN(C2CCCC(C(C)(C)C)CC2)C1C(=O)O. The number of nitrogens with zero attached hydrogens (tertiary/aromatic N) is 1. The molecule has 0 spiro atoms. The van der Waals surface area contributed by atoms with Gasteiger partial charge in [0.15, 0.2) is 0 Å². The molecule has 1 saturated heterocycles. The van der Waals surface area contributed by atoms with Crippen molar-refractivity contribution in [2.24, 2.45) is 17.3 Å². The molecule has 2 aliphatic rings. The summed E-state index contributed by atoms with van der Waals surface area (Å²) in [6.45, 7) is 10.1. The molecule has 1 aliphatic carbocycles. The van der Waals surface area contributed by atoms with Crippen molar-refractivity contribution in [1.82, 2.24) is 4.90 Å². The standard InChI is InChI=1S/C17H31NO2/c1-12-10-11-18(15(12)16(19)20)14-7-5-6-13(8-9-14)17(2,3)4/h12-15H,5-11H2,1-4H3,(H,19,20). The van der Waals surface area contributed by atoms with E-state index in [0.717, 1.165) is 18.9 Å². The van der Waals surface area contributed by atoms with Gasteiger partial charge >= 0.3 is 5.97 Å². The Bertz CT molecular complexity index is 347. The second-order valence-corrected chi connectivity index (χ2v) is 8.01. The molecule has 3 nitrogen and oxygen atoms in total. The minimum Gasteiger partial charge on any atom is -0.480 e. The Labute approximate surface area is 123 Å². The third kappa shape index (κ3) is 3.36. The number of carboxylic acid groups (broad SMARTS) is 1. The van der Waals surface area contributed by atoms with Crippen LogP contribution in [0.4, 0.5) is 0 Å². The van der Waals surface area contributed by atoms with Gasteiger partial charge < -0.3 is 5.11 Å². The van der Waals surface area contributed by atoms with Crippen LogP contribution in [0, 0.1) is 17.3 Å². The molecule has 0 amide bonds. The van der Waals surface area contributed by atoms with Gasteiger partial charge in [0.25, 0.3) is 0 Å². The summed E-state index contributed by atoms with van der Waals surface area (Å²) in [5.41, 5.74) is 0.388. The number of hydrogen-bond donors (Lipinski definition) is 1. The molecule has 0 aromatic carbocycles. The first kappa shape index (κ1) is 15.8. The third-order valence-electron chi connectivity index (χ3n) is 5.62. The van der Waals surface area contributed by atoms with Gasteiger partial charge in [-0.2, -0.15) is 0 Å². The molecule has 4 unspecified atom stereocenters. The number of rotatable bonds is 2. The van der Waals surface area contributed by atoms with E-state index >= 15 is 0 Å². The lowest BCUT2D eigenvalue weighted by Crippen LogP contribution is -2.45. The zero-order valence-electron chi connectivity index (χ0n) is 13.6. The maximum atomic E-state index is 11.5. The number of likely N-dealkylation sites (tertiary alicyclic amines) is 1. The fraction of sp³-hybridized carbons (Fsp3) is 0.941. The lowest BCUT2D eigenvalue weighted by Gasteiger charge is -2.32. The molecule has 4 atom stereocenters. The van der Waals surface area contributed by atoms with Gasteiger partial charge in [-0.05, 0) is 55.9 Å². The summed E-state index contributed by atoms with van der Waals surface area (Å²) in [6.07, 6.45) is 7.22. The molecule has 1 saturated carbocycles. The van der Waals surface area contributed by atoms with Crippen LogP contribution < -0.4 is 0 Å². The van der Waals surface area contributed by atoms with E-state index in [2.05, 4.69) is 32.6 Å². The van der Waals surface area contributed by atoms with Gasteiger partial charge in [-0.25, -0.2) is 0 Å². The van der Waals surface area contributed by atoms with Crippen LogP contribution in [0.25, 0.3) is 0 Å². The Kier molecular flexibility index (Phi) is 4.78. The summed E-state index contributed by atoms with van der Waals surface area (Å²) >= 11 is 0. The highest BCUT2D eigenvalue weighted by Crippen LogP contribution is 2.39. The fourth-order valence-corrected chi connectivity index (χ4v) is 4.25. The van der Waals surface area contributed by atoms with Gasteiger partial charge in [0, 0.05) is 6.04 Å². The molecule has 20 heavy (non-hydrogen) atoms. The molecule has 116 valence electrons. The Morgan fingerprint density at radius 2 is 1.80 bits per heavy atom. The van der Waals surface area contributed by atoms with Crippen LogP contribution in [-0.2, 0) is 4.79 Å². The number of hydrogen-bond acceptors (Lipinski definition) is 2. The van der Waals surface area contributed by atoms with Crippen LogP contribution in [0.3, 0.4) is 0 Å². The minimum atomic E-state index is -0.619. The highest BCUT2D eigenvalue weighted by molar-refractivity contribution is 5.74. The Morgan fingerprint density at radius 1 is 1.10 bits per heavy atom. The zero-order chi connectivity index (χ0) is 14.9. The third-order valence-corrected chi connectivity index (χ3v) is 5.62. The van der Waals surface area contributed by atoms with E-state index in [-0.39, 0.29) is 6.04 Å². The lowest BCUT2D eigenvalue weighted by molar-refractivity contribution is -0.144. The molecule has 0 bridgehead atoms. The topological polar surface area (TPSA) is 40.5 Å². The van der Waals surface area contributed by atoms with Gasteiger partial charge in [0.1, 0.15) is 6.04 Å². The van der Waals surface area contributed by atoms with Crippen molar-refractivity contribution >= 4 is 5.97 Å². The van der Waals surface area contributed by atoms with Gasteiger partial charge in [0.05, 0.1) is 0 Å². The molecule has 2 rings (SSSR count). The van der Waals surface area contributed by atoms with E-state index in [0.29, 0.717) is 17.4 Å². The van der Waals surface area contributed by atoms with E-state index in [1.165, 1.54) is 32.1 Å². The smallest absolute Gasteiger partial charge is 0.321 e. The summed E-state index contributed by atoms with van der Waals surface area (Å²) in [5, 5.41) is 9.49. The number of carbonyl (C=O) groups is 1. The van der Waals surface area contributed by atoms with E-state index in [1.807, 2.05) is 0 Å². The van der Waals surface area contributed by atoms with Crippen LogP contribution >= 0.6 is 0 Å². The van der Waals surface area contributed by atoms with E-state index in [9.17, 15) is 9.90 Å². The van der Waals surface area contributed by atoms with Gasteiger partial charge in [-0.3, -0.25) is 9.69 Å². The molecule has 0 aromatic rings. The van der Waals surface area contributed by atoms with Gasteiger partial charge in [-0.1, -0.05) is 34.1 Å². The Balaban J connectivity index is 2.02. The molecule has 3 heteroatoms. The summed E-state index contributed by atoms with van der Waals surface area (Å²) < 4.78 is 0. The molecule has 0 aromatic heterocycles. The summed E-state index contributed by atoms with van der Waals surface area (Å²) in [6, 6.07) is 0.250. The minimum absolute atomic E-state index is 0.244. The van der Waals surface area contributed by atoms with E-state index in [4.69, 9.17) is 0 Å². The van der Waals surface area contributed by atoms with Crippen molar-refractivity contribution in [3.05, 3.63) is 0 Å². The number of aliphatic carboxylic acids is 1. The summed E-state index contributed by atoms with van der Waals surface area (Å²) in [5.74, 6) is 0.469. The van der Waals surface area contributed by atoms with Crippen LogP contribution in [0.15, 0.2) is 0 Å². The van der Waals surface area contributed by atoms with Gasteiger partial charge in [0.2, 0.25) is 0 Å². The first-order valence-electron chi connectivity index (χ1n) is 8.29. The van der Waals surface area contributed by atoms with E-state index in [1.54, 1.807) is 0 Å². The number of carboxylic acids is 1. The first-order chi connectivity index (χ1) is 9.30. The second kappa shape index (κ2) is 6.05. The maximum Gasteiger partial charge on any atom is 0.321 e. The molecule has 1 heterocycles. The van der Waals surface area contributed by atoms with Crippen LogP contribution in [0.2, 0.25) is 0 Å². The van der Waals surface area contributed by atoms with Gasteiger partial charge in [-0.15, -0.1) is 0 Å². The average Bonchev–Trinajstić information content (AvgIpc) is 2.58. The zero-order valence-corrected chi connectivity index (χ0v) is 13.6. The predicted molar refractivity (Wildman–Crippen MR) is 81.7 cm³/mol. The monoisotopic (exact) mass is 281 g/mol. The highest BCUT2D eigenvalue weighted by Gasteiger charge is 2.41. The quantitative estimate of drug-likeness (QED) is 0.783. The van der Waals surface area contributed by atoms with Crippen molar-refractivity contribution < 1.29 is 9.90 Å². The van der Waals surface area contributed by atoms with Crippen LogP contribution in [0.1, 0.15) is 66.2 Å². The second-order valence-electron chi connectivity index (χ2n) is 8.01. The fourth-order valence-electron chi connectivity index (χ4n) is 4.25. The van der Waals surface area contributed by atoms with Crippen LogP contribution in [-0.4, -0.2) is 34.6 Å². The van der Waals surface area contributed by atoms with E-state index < -0.39 is 5.97 Å². The van der Waals surface area contributed by atoms with Crippen molar-refractivity contribution in [2.45, 2.75) is 78.3 Å².